The van der Waals surface area contributed by atoms with Gasteiger partial charge in [-0.05, 0) is 17.7 Å². The predicted molar refractivity (Wildman–Crippen MR) is 89.0 cm³/mol. The van der Waals surface area contributed by atoms with Crippen LogP contribution in [0.3, 0.4) is 0 Å². The van der Waals surface area contributed by atoms with Crippen molar-refractivity contribution in [2.75, 3.05) is 0 Å². The molecule has 23 heavy (non-hydrogen) atoms. The Kier molecular flexibility index (Phi) is 5.67. The molecule has 6 nitrogen and oxygen atoms in total. The lowest BCUT2D eigenvalue weighted by Gasteiger charge is -2.02. The number of carbonyl (C=O) groups excluding carboxylic acids is 1. The van der Waals surface area contributed by atoms with Crippen LogP contribution < -0.4 is 5.43 Å². The maximum absolute atomic E-state index is 11.8. The molecule has 0 fully saturated rings. The summed E-state index contributed by atoms with van der Waals surface area (Å²) in [5.74, 6) is -0.363. The van der Waals surface area contributed by atoms with Crippen molar-refractivity contribution in [1.82, 2.24) is 5.43 Å². The SMILES string of the molecule is O=C(Cc1ccc([N+](=O)[O-])cc1)N/N=C/c1c(Cl)cccc1Cl. The lowest BCUT2D eigenvalue weighted by molar-refractivity contribution is -0.384. The summed E-state index contributed by atoms with van der Waals surface area (Å²) in [5.41, 5.74) is 3.47. The zero-order valence-electron chi connectivity index (χ0n) is 11.7. The number of nitrogens with zero attached hydrogens (tertiary/aromatic N) is 2. The Bertz CT molecular complexity index is 741. The number of hydrogen-bond donors (Lipinski definition) is 1. The average Bonchev–Trinajstić information content (AvgIpc) is 2.51. The summed E-state index contributed by atoms with van der Waals surface area (Å²) in [6, 6.07) is 10.7. The minimum absolute atomic E-state index is 0.0273. The topological polar surface area (TPSA) is 84.6 Å². The standard InChI is InChI=1S/C15H11Cl2N3O3/c16-13-2-1-3-14(17)12(13)9-18-19-15(21)8-10-4-6-11(7-5-10)20(22)23/h1-7,9H,8H2,(H,19,21)/b18-9+. The van der Waals surface area contributed by atoms with Crippen LogP contribution in [0.15, 0.2) is 47.6 Å². The third kappa shape index (κ3) is 4.77. The van der Waals surface area contributed by atoms with E-state index in [4.69, 9.17) is 23.2 Å². The second kappa shape index (κ2) is 7.71. The molecular formula is C15H11Cl2N3O3. The number of hydrazone groups is 1. The van der Waals surface area contributed by atoms with E-state index < -0.39 is 4.92 Å². The van der Waals surface area contributed by atoms with Crippen molar-refractivity contribution < 1.29 is 9.72 Å². The Morgan fingerprint density at radius 3 is 2.35 bits per heavy atom. The number of nitrogens with one attached hydrogen (secondary N) is 1. The molecule has 0 aliphatic heterocycles. The fraction of sp³-hybridized carbons (Fsp3) is 0.0667. The van der Waals surface area contributed by atoms with Gasteiger partial charge in [0.15, 0.2) is 0 Å². The zero-order chi connectivity index (χ0) is 16.8. The van der Waals surface area contributed by atoms with Crippen LogP contribution in [0.4, 0.5) is 5.69 Å². The molecule has 1 amide bonds. The van der Waals surface area contributed by atoms with Gasteiger partial charge in [0.25, 0.3) is 5.69 Å². The van der Waals surface area contributed by atoms with Crippen molar-refractivity contribution in [3.63, 3.8) is 0 Å². The van der Waals surface area contributed by atoms with E-state index in [-0.39, 0.29) is 18.0 Å². The van der Waals surface area contributed by atoms with Gasteiger partial charge in [-0.25, -0.2) is 5.43 Å². The van der Waals surface area contributed by atoms with Crippen LogP contribution in [-0.2, 0) is 11.2 Å². The van der Waals surface area contributed by atoms with Gasteiger partial charge in [0.2, 0.25) is 5.91 Å². The van der Waals surface area contributed by atoms with E-state index in [9.17, 15) is 14.9 Å². The van der Waals surface area contributed by atoms with Crippen LogP contribution in [-0.4, -0.2) is 17.0 Å². The number of hydrogen-bond acceptors (Lipinski definition) is 4. The van der Waals surface area contributed by atoms with Gasteiger partial charge in [0.1, 0.15) is 0 Å². The third-order valence-electron chi connectivity index (χ3n) is 2.89. The molecule has 0 aromatic heterocycles. The highest BCUT2D eigenvalue weighted by molar-refractivity contribution is 6.38. The first-order valence-corrected chi connectivity index (χ1v) is 7.22. The van der Waals surface area contributed by atoms with Gasteiger partial charge in [-0.1, -0.05) is 41.4 Å². The summed E-state index contributed by atoms with van der Waals surface area (Å²) < 4.78 is 0. The molecule has 0 radical (unpaired) electrons. The van der Waals surface area contributed by atoms with Gasteiger partial charge in [0, 0.05) is 17.7 Å². The molecule has 0 bridgehead atoms. The van der Waals surface area contributed by atoms with E-state index in [1.54, 1.807) is 18.2 Å². The Morgan fingerprint density at radius 1 is 1.17 bits per heavy atom. The Morgan fingerprint density at radius 2 is 1.78 bits per heavy atom. The second-order valence-corrected chi connectivity index (χ2v) is 5.34. The Hall–Kier alpha value is -2.44. The average molecular weight is 352 g/mol. The van der Waals surface area contributed by atoms with E-state index in [1.165, 1.54) is 30.5 Å². The highest BCUT2D eigenvalue weighted by Gasteiger charge is 2.07. The van der Waals surface area contributed by atoms with Gasteiger partial charge >= 0.3 is 0 Å². The van der Waals surface area contributed by atoms with E-state index in [2.05, 4.69) is 10.5 Å². The molecule has 2 rings (SSSR count). The molecule has 2 aromatic carbocycles. The maximum atomic E-state index is 11.8. The smallest absolute Gasteiger partial charge is 0.269 e. The highest BCUT2D eigenvalue weighted by atomic mass is 35.5. The normalized spacial score (nSPS) is 10.7. The number of benzene rings is 2. The van der Waals surface area contributed by atoms with Crippen molar-refractivity contribution in [2.45, 2.75) is 6.42 Å². The molecule has 0 aliphatic carbocycles. The zero-order valence-corrected chi connectivity index (χ0v) is 13.2. The van der Waals surface area contributed by atoms with Crippen LogP contribution >= 0.6 is 23.2 Å². The number of nitro benzene ring substituents is 1. The lowest BCUT2D eigenvalue weighted by atomic mass is 10.1. The van der Waals surface area contributed by atoms with Crippen LogP contribution in [0, 0.1) is 10.1 Å². The fourth-order valence-corrected chi connectivity index (χ4v) is 2.26. The van der Waals surface area contributed by atoms with E-state index >= 15 is 0 Å². The third-order valence-corrected chi connectivity index (χ3v) is 3.55. The first kappa shape index (κ1) is 16.9. The van der Waals surface area contributed by atoms with E-state index in [1.807, 2.05) is 0 Å². The highest BCUT2D eigenvalue weighted by Crippen LogP contribution is 2.22. The summed E-state index contributed by atoms with van der Waals surface area (Å²) >= 11 is 11.9. The van der Waals surface area contributed by atoms with Crippen LogP contribution in [0.25, 0.3) is 0 Å². The molecular weight excluding hydrogens is 341 g/mol. The fourth-order valence-electron chi connectivity index (χ4n) is 1.76. The first-order valence-electron chi connectivity index (χ1n) is 6.46. The van der Waals surface area contributed by atoms with Crippen LogP contribution in [0.2, 0.25) is 10.0 Å². The van der Waals surface area contributed by atoms with Crippen molar-refractivity contribution in [3.05, 3.63) is 73.8 Å². The van der Waals surface area contributed by atoms with Gasteiger partial charge in [-0.3, -0.25) is 14.9 Å². The summed E-state index contributed by atoms with van der Waals surface area (Å²) in [6.45, 7) is 0. The molecule has 0 spiro atoms. The van der Waals surface area contributed by atoms with Crippen molar-refractivity contribution in [3.8, 4) is 0 Å². The minimum atomic E-state index is -0.499. The second-order valence-electron chi connectivity index (χ2n) is 4.53. The van der Waals surface area contributed by atoms with Gasteiger partial charge in [-0.2, -0.15) is 5.10 Å². The number of amides is 1. The monoisotopic (exact) mass is 351 g/mol. The van der Waals surface area contributed by atoms with Gasteiger partial charge < -0.3 is 0 Å². The Balaban J connectivity index is 1.95. The molecule has 0 saturated heterocycles. The number of carbonyl (C=O) groups is 1. The van der Waals surface area contributed by atoms with Crippen LogP contribution in [0.1, 0.15) is 11.1 Å². The largest absolute Gasteiger partial charge is 0.273 e. The van der Waals surface area contributed by atoms with Crippen molar-refractivity contribution in [2.24, 2.45) is 5.10 Å². The molecule has 0 unspecified atom stereocenters. The molecule has 0 atom stereocenters. The molecule has 2 aromatic rings. The molecule has 1 N–H and O–H groups in total. The number of non-ortho nitro benzene ring substituents is 1. The Labute approximate surface area is 141 Å². The van der Waals surface area contributed by atoms with Gasteiger partial charge in [-0.15, -0.1) is 0 Å². The van der Waals surface area contributed by atoms with E-state index in [0.29, 0.717) is 21.2 Å². The predicted octanol–water partition coefficient (Wildman–Crippen LogP) is 3.59. The first-order chi connectivity index (χ1) is 11.0. The molecule has 0 heterocycles. The molecule has 118 valence electrons. The van der Waals surface area contributed by atoms with Crippen LogP contribution in [0.5, 0.6) is 0 Å². The summed E-state index contributed by atoms with van der Waals surface area (Å²) in [6.07, 6.45) is 1.41. The minimum Gasteiger partial charge on any atom is -0.273 e. The number of halogens is 2. The quantitative estimate of drug-likeness (QED) is 0.507. The lowest BCUT2D eigenvalue weighted by Crippen LogP contribution is -2.19. The van der Waals surface area contributed by atoms with Crippen molar-refractivity contribution >= 4 is 41.0 Å². The molecule has 8 heteroatoms. The summed E-state index contributed by atoms with van der Waals surface area (Å²) in [4.78, 5) is 21.8. The number of rotatable bonds is 5. The van der Waals surface area contributed by atoms with Gasteiger partial charge in [0.05, 0.1) is 27.6 Å². The van der Waals surface area contributed by atoms with E-state index in [0.717, 1.165) is 0 Å². The summed E-state index contributed by atoms with van der Waals surface area (Å²) in [7, 11) is 0. The van der Waals surface area contributed by atoms with Crippen molar-refractivity contribution in [1.29, 1.82) is 0 Å². The maximum Gasteiger partial charge on any atom is 0.269 e. The molecule has 0 aliphatic rings. The molecule has 0 saturated carbocycles. The number of nitro groups is 1. The summed E-state index contributed by atoms with van der Waals surface area (Å²) in [5, 5.41) is 15.2.